The number of nitrogens with zero attached hydrogens (tertiary/aromatic N) is 2. The number of halogens is 3. The average molecular weight is 260 g/mol. The third-order valence-electron chi connectivity index (χ3n) is 2.13. The van der Waals surface area contributed by atoms with E-state index in [9.17, 15) is 13.2 Å². The van der Waals surface area contributed by atoms with Crippen LogP contribution < -0.4 is 11.2 Å². The fraction of sp³-hybridized carbons (Fsp3) is 0.455. The van der Waals surface area contributed by atoms with Crippen LogP contribution in [0.5, 0.6) is 0 Å². The number of rotatable bonds is 3. The van der Waals surface area contributed by atoms with Gasteiger partial charge in [0.25, 0.3) is 0 Å². The maximum atomic E-state index is 12.6. The van der Waals surface area contributed by atoms with Gasteiger partial charge in [-0.05, 0) is 26.8 Å². The minimum absolute atomic E-state index is 0.101. The summed E-state index contributed by atoms with van der Waals surface area (Å²) in [5, 5.41) is 3.97. The van der Waals surface area contributed by atoms with Crippen LogP contribution in [0.1, 0.15) is 31.9 Å². The molecule has 4 nitrogen and oxygen atoms in total. The van der Waals surface area contributed by atoms with Crippen molar-refractivity contribution in [2.75, 3.05) is 5.73 Å². The first-order chi connectivity index (χ1) is 8.21. The number of nitrogens with two attached hydrogens (primary N) is 1. The highest BCUT2D eigenvalue weighted by atomic mass is 19.4. The Hall–Kier alpha value is -1.79. The SMILES string of the molecule is C/C(=N\NC(C)C)c1cnc(N)c(C(F)(F)F)c1. The van der Waals surface area contributed by atoms with Crippen molar-refractivity contribution in [1.29, 1.82) is 0 Å². The number of aromatic nitrogens is 1. The molecule has 0 unspecified atom stereocenters. The lowest BCUT2D eigenvalue weighted by Crippen LogP contribution is -2.18. The number of nitrogen functional groups attached to an aromatic ring is 1. The van der Waals surface area contributed by atoms with Gasteiger partial charge in [0.2, 0.25) is 0 Å². The fourth-order valence-electron chi connectivity index (χ4n) is 1.19. The number of pyridine rings is 1. The summed E-state index contributed by atoms with van der Waals surface area (Å²) in [6.07, 6.45) is -3.25. The smallest absolute Gasteiger partial charge is 0.383 e. The fourth-order valence-corrected chi connectivity index (χ4v) is 1.19. The third-order valence-corrected chi connectivity index (χ3v) is 2.13. The molecule has 0 bridgehead atoms. The maximum absolute atomic E-state index is 12.6. The Morgan fingerprint density at radius 2 is 2.06 bits per heavy atom. The zero-order valence-corrected chi connectivity index (χ0v) is 10.3. The Morgan fingerprint density at radius 3 is 2.56 bits per heavy atom. The Morgan fingerprint density at radius 1 is 1.44 bits per heavy atom. The van der Waals surface area contributed by atoms with Crippen molar-refractivity contribution < 1.29 is 13.2 Å². The van der Waals surface area contributed by atoms with Gasteiger partial charge in [-0.3, -0.25) is 0 Å². The second kappa shape index (κ2) is 5.24. The van der Waals surface area contributed by atoms with Gasteiger partial charge in [-0.25, -0.2) is 4.98 Å². The number of nitrogens with one attached hydrogen (secondary N) is 1. The molecule has 1 rings (SSSR count). The van der Waals surface area contributed by atoms with E-state index >= 15 is 0 Å². The normalized spacial score (nSPS) is 12.9. The highest BCUT2D eigenvalue weighted by molar-refractivity contribution is 5.98. The summed E-state index contributed by atoms with van der Waals surface area (Å²) in [7, 11) is 0. The molecule has 0 saturated carbocycles. The van der Waals surface area contributed by atoms with Crippen molar-refractivity contribution >= 4 is 11.5 Å². The topological polar surface area (TPSA) is 63.3 Å². The molecule has 0 aliphatic rings. The average Bonchev–Trinajstić information content (AvgIpc) is 2.24. The van der Waals surface area contributed by atoms with Gasteiger partial charge in [0.1, 0.15) is 5.82 Å². The molecule has 18 heavy (non-hydrogen) atoms. The summed E-state index contributed by atoms with van der Waals surface area (Å²) in [6.45, 7) is 5.35. The Labute approximate surface area is 103 Å². The molecule has 0 radical (unpaired) electrons. The van der Waals surface area contributed by atoms with Gasteiger partial charge in [-0.2, -0.15) is 18.3 Å². The van der Waals surface area contributed by atoms with Crippen LogP contribution in [0, 0.1) is 0 Å². The zero-order valence-electron chi connectivity index (χ0n) is 10.3. The third kappa shape index (κ3) is 3.61. The molecular weight excluding hydrogens is 245 g/mol. The van der Waals surface area contributed by atoms with Crippen molar-refractivity contribution in [3.8, 4) is 0 Å². The summed E-state index contributed by atoms with van der Waals surface area (Å²) in [6, 6.07) is 1.05. The molecule has 0 atom stereocenters. The van der Waals surface area contributed by atoms with Crippen LogP contribution >= 0.6 is 0 Å². The lowest BCUT2D eigenvalue weighted by molar-refractivity contribution is -0.137. The zero-order chi connectivity index (χ0) is 13.9. The Kier molecular flexibility index (Phi) is 4.15. The molecule has 100 valence electrons. The predicted octanol–water partition coefficient (Wildman–Crippen LogP) is 2.40. The Bertz CT molecular complexity index is 452. The van der Waals surface area contributed by atoms with Gasteiger partial charge in [0.05, 0.1) is 11.3 Å². The standard InChI is InChI=1S/C11H15F3N4/c1-6(2)17-18-7(3)8-4-9(11(12,13)14)10(15)16-5-8/h4-6,17H,1-3H3,(H2,15,16)/b18-7+. The maximum Gasteiger partial charge on any atom is 0.419 e. The number of hydrogen-bond acceptors (Lipinski definition) is 4. The van der Waals surface area contributed by atoms with E-state index in [1.54, 1.807) is 6.92 Å². The van der Waals surface area contributed by atoms with Gasteiger partial charge < -0.3 is 11.2 Å². The van der Waals surface area contributed by atoms with Crippen molar-refractivity contribution in [3.05, 3.63) is 23.4 Å². The Balaban J connectivity index is 3.09. The molecule has 0 amide bonds. The molecule has 7 heteroatoms. The van der Waals surface area contributed by atoms with Gasteiger partial charge in [-0.1, -0.05) is 0 Å². The summed E-state index contributed by atoms with van der Waals surface area (Å²) >= 11 is 0. The number of anilines is 1. The lowest BCUT2D eigenvalue weighted by atomic mass is 10.1. The molecule has 1 heterocycles. The van der Waals surface area contributed by atoms with Crippen molar-refractivity contribution in [3.63, 3.8) is 0 Å². The van der Waals surface area contributed by atoms with Crippen LogP contribution in [0.25, 0.3) is 0 Å². The van der Waals surface area contributed by atoms with Crippen LogP contribution in [0.15, 0.2) is 17.4 Å². The van der Waals surface area contributed by atoms with E-state index in [1.807, 2.05) is 13.8 Å². The summed E-state index contributed by atoms with van der Waals surface area (Å²) < 4.78 is 37.9. The molecule has 1 aromatic heterocycles. The molecule has 0 saturated heterocycles. The van der Waals surface area contributed by atoms with Crippen molar-refractivity contribution in [2.45, 2.75) is 33.0 Å². The number of hydrogen-bond donors (Lipinski definition) is 2. The second-order valence-corrected chi connectivity index (χ2v) is 4.14. The first-order valence-electron chi connectivity index (χ1n) is 5.34. The molecule has 0 fully saturated rings. The van der Waals surface area contributed by atoms with Gasteiger partial charge in [0.15, 0.2) is 0 Å². The number of alkyl halides is 3. The van der Waals surface area contributed by atoms with Gasteiger partial charge in [-0.15, -0.1) is 0 Å². The van der Waals surface area contributed by atoms with E-state index in [1.165, 1.54) is 6.20 Å². The predicted molar refractivity (Wildman–Crippen MR) is 64.1 cm³/mol. The van der Waals surface area contributed by atoms with E-state index in [0.29, 0.717) is 5.71 Å². The largest absolute Gasteiger partial charge is 0.419 e. The molecule has 0 aliphatic heterocycles. The van der Waals surface area contributed by atoms with E-state index in [2.05, 4.69) is 15.5 Å². The molecule has 0 aromatic carbocycles. The van der Waals surface area contributed by atoms with Crippen LogP contribution in [0.2, 0.25) is 0 Å². The van der Waals surface area contributed by atoms with Gasteiger partial charge in [0, 0.05) is 17.8 Å². The van der Waals surface area contributed by atoms with Crippen LogP contribution in [-0.4, -0.2) is 16.7 Å². The monoisotopic (exact) mass is 260 g/mol. The van der Waals surface area contributed by atoms with Crippen molar-refractivity contribution in [2.24, 2.45) is 5.10 Å². The van der Waals surface area contributed by atoms with E-state index in [4.69, 9.17) is 5.73 Å². The minimum Gasteiger partial charge on any atom is -0.383 e. The van der Waals surface area contributed by atoms with E-state index in [0.717, 1.165) is 6.07 Å². The highest BCUT2D eigenvalue weighted by Crippen LogP contribution is 2.32. The minimum atomic E-state index is -4.52. The van der Waals surface area contributed by atoms with Crippen LogP contribution in [0.3, 0.4) is 0 Å². The number of hydrazone groups is 1. The second-order valence-electron chi connectivity index (χ2n) is 4.14. The summed E-state index contributed by atoms with van der Waals surface area (Å²) in [5.41, 5.74) is 7.73. The van der Waals surface area contributed by atoms with E-state index in [-0.39, 0.29) is 11.6 Å². The first kappa shape index (κ1) is 14.3. The highest BCUT2D eigenvalue weighted by Gasteiger charge is 2.34. The molecule has 0 spiro atoms. The molecular formula is C11H15F3N4. The molecule has 3 N–H and O–H groups in total. The van der Waals surface area contributed by atoms with Crippen molar-refractivity contribution in [1.82, 2.24) is 10.4 Å². The quantitative estimate of drug-likeness (QED) is 0.648. The van der Waals surface area contributed by atoms with Gasteiger partial charge >= 0.3 is 6.18 Å². The molecule has 0 aliphatic carbocycles. The lowest BCUT2D eigenvalue weighted by Gasteiger charge is -2.11. The van der Waals surface area contributed by atoms with Crippen LogP contribution in [-0.2, 0) is 6.18 Å². The van der Waals surface area contributed by atoms with Crippen LogP contribution in [0.4, 0.5) is 19.0 Å². The summed E-state index contributed by atoms with van der Waals surface area (Å²) in [5.74, 6) is -0.532. The first-order valence-corrected chi connectivity index (χ1v) is 5.34. The molecule has 1 aromatic rings. The van der Waals surface area contributed by atoms with E-state index < -0.39 is 17.6 Å². The summed E-state index contributed by atoms with van der Waals surface area (Å²) in [4.78, 5) is 3.54.